The highest BCUT2D eigenvalue weighted by molar-refractivity contribution is 5.96. The van der Waals surface area contributed by atoms with Gasteiger partial charge < -0.3 is 9.64 Å². The van der Waals surface area contributed by atoms with Gasteiger partial charge in [0.25, 0.3) is 0 Å². The number of benzene rings is 2. The number of fused-ring (bicyclic) bond motifs is 1. The number of nitrogens with zero attached hydrogens (tertiary/aromatic N) is 1. The molecule has 0 saturated carbocycles. The summed E-state index contributed by atoms with van der Waals surface area (Å²) in [6.07, 6.45) is 1.85. The molecule has 1 aliphatic carbocycles. The molecule has 4 nitrogen and oxygen atoms in total. The molecule has 0 unspecified atom stereocenters. The van der Waals surface area contributed by atoms with Crippen LogP contribution in [0, 0.1) is 11.8 Å². The highest BCUT2D eigenvalue weighted by Crippen LogP contribution is 2.53. The molecule has 144 valence electrons. The Morgan fingerprint density at radius 2 is 1.57 bits per heavy atom. The molecule has 1 heterocycles. The van der Waals surface area contributed by atoms with Crippen molar-refractivity contribution in [1.29, 1.82) is 0 Å². The molecule has 2 aliphatic rings. The molecule has 0 radical (unpaired) electrons. The van der Waals surface area contributed by atoms with E-state index in [9.17, 15) is 9.59 Å². The van der Waals surface area contributed by atoms with Crippen molar-refractivity contribution in [2.75, 3.05) is 7.11 Å². The monoisotopic (exact) mass is 375 g/mol. The number of ketones is 1. The largest absolute Gasteiger partial charge is 0.500 e. The number of ether oxygens (including phenoxy) is 1. The Labute approximate surface area is 165 Å². The van der Waals surface area contributed by atoms with Gasteiger partial charge in [-0.25, -0.2) is 0 Å². The fraction of sp³-hybridized carbons (Fsp3) is 0.333. The van der Waals surface area contributed by atoms with Crippen LogP contribution in [0.15, 0.2) is 72.5 Å². The predicted octanol–water partition coefficient (Wildman–Crippen LogP) is 4.24. The van der Waals surface area contributed by atoms with Crippen LogP contribution < -0.4 is 0 Å². The second-order valence-corrected chi connectivity index (χ2v) is 8.05. The standard InChI is InChI=1S/C24H25NO3/c1-24(2,17-12-8-5-9-13-17)25-22(16-10-6-4-7-11-16)19-14-18(26)15-20(28-3)21(19)23(25)27/h4-13,15,19,21-22H,14H2,1-3H3/t19-,21-,22+/m1/s1. The van der Waals surface area contributed by atoms with Crippen LogP contribution in [-0.4, -0.2) is 23.7 Å². The number of carbonyl (C=O) groups excluding carboxylic acids is 2. The minimum atomic E-state index is -0.530. The molecule has 0 bridgehead atoms. The van der Waals surface area contributed by atoms with E-state index in [4.69, 9.17) is 4.74 Å². The lowest BCUT2D eigenvalue weighted by atomic mass is 9.78. The first-order valence-corrected chi connectivity index (χ1v) is 9.67. The van der Waals surface area contributed by atoms with E-state index in [2.05, 4.69) is 26.0 Å². The topological polar surface area (TPSA) is 46.6 Å². The molecule has 4 heteroatoms. The molecule has 2 aromatic rings. The van der Waals surface area contributed by atoms with E-state index in [0.717, 1.165) is 11.1 Å². The minimum absolute atomic E-state index is 0.0196. The minimum Gasteiger partial charge on any atom is -0.500 e. The predicted molar refractivity (Wildman–Crippen MR) is 107 cm³/mol. The molecule has 0 N–H and O–H groups in total. The van der Waals surface area contributed by atoms with Crippen molar-refractivity contribution in [1.82, 2.24) is 4.90 Å². The SMILES string of the molecule is COC1=CC(=O)C[C@@H]2[C@H]1C(=O)N(C(C)(C)c1ccccc1)[C@H]2c1ccccc1. The van der Waals surface area contributed by atoms with E-state index in [1.807, 2.05) is 53.4 Å². The van der Waals surface area contributed by atoms with Gasteiger partial charge in [-0.1, -0.05) is 60.7 Å². The van der Waals surface area contributed by atoms with Crippen LogP contribution in [0.1, 0.15) is 37.4 Å². The van der Waals surface area contributed by atoms with Crippen molar-refractivity contribution in [2.24, 2.45) is 11.8 Å². The highest BCUT2D eigenvalue weighted by Gasteiger charge is 2.56. The third-order valence-corrected chi connectivity index (χ3v) is 6.12. The average molecular weight is 375 g/mol. The van der Waals surface area contributed by atoms with Crippen molar-refractivity contribution in [2.45, 2.75) is 31.8 Å². The number of carbonyl (C=O) groups is 2. The maximum atomic E-state index is 13.7. The lowest BCUT2D eigenvalue weighted by Gasteiger charge is -2.41. The van der Waals surface area contributed by atoms with E-state index in [-0.39, 0.29) is 23.7 Å². The van der Waals surface area contributed by atoms with Gasteiger partial charge in [0.05, 0.1) is 18.7 Å². The highest BCUT2D eigenvalue weighted by atomic mass is 16.5. The summed E-state index contributed by atoms with van der Waals surface area (Å²) in [5, 5.41) is 0. The van der Waals surface area contributed by atoms with Crippen LogP contribution >= 0.6 is 0 Å². The molecule has 1 saturated heterocycles. The first-order chi connectivity index (χ1) is 13.4. The van der Waals surface area contributed by atoms with Gasteiger partial charge in [0, 0.05) is 18.4 Å². The van der Waals surface area contributed by atoms with Gasteiger partial charge in [0.1, 0.15) is 11.7 Å². The van der Waals surface area contributed by atoms with Gasteiger partial charge in [0.15, 0.2) is 5.78 Å². The third-order valence-electron chi connectivity index (χ3n) is 6.12. The van der Waals surface area contributed by atoms with Crippen molar-refractivity contribution in [3.63, 3.8) is 0 Å². The molecule has 1 fully saturated rings. The third kappa shape index (κ3) is 2.84. The van der Waals surface area contributed by atoms with Crippen molar-refractivity contribution >= 4 is 11.7 Å². The fourth-order valence-corrected chi connectivity index (χ4v) is 4.79. The molecule has 28 heavy (non-hydrogen) atoms. The summed E-state index contributed by atoms with van der Waals surface area (Å²) < 4.78 is 5.49. The van der Waals surface area contributed by atoms with E-state index in [1.54, 1.807) is 0 Å². The van der Waals surface area contributed by atoms with Gasteiger partial charge in [-0.2, -0.15) is 0 Å². The van der Waals surface area contributed by atoms with Crippen LogP contribution in [0.5, 0.6) is 0 Å². The number of allylic oxidation sites excluding steroid dienone is 1. The van der Waals surface area contributed by atoms with Gasteiger partial charge in [-0.05, 0) is 25.0 Å². The van der Waals surface area contributed by atoms with Gasteiger partial charge in [-0.15, -0.1) is 0 Å². The van der Waals surface area contributed by atoms with Crippen LogP contribution in [0.25, 0.3) is 0 Å². The zero-order chi connectivity index (χ0) is 19.9. The number of rotatable bonds is 4. The number of amides is 1. The zero-order valence-corrected chi connectivity index (χ0v) is 16.5. The summed E-state index contributed by atoms with van der Waals surface area (Å²) >= 11 is 0. The summed E-state index contributed by atoms with van der Waals surface area (Å²) in [4.78, 5) is 28.1. The Kier molecular flexibility index (Phi) is 4.58. The number of methoxy groups -OCH3 is 1. The second-order valence-electron chi connectivity index (χ2n) is 8.05. The fourth-order valence-electron chi connectivity index (χ4n) is 4.79. The van der Waals surface area contributed by atoms with Crippen LogP contribution in [0.4, 0.5) is 0 Å². The van der Waals surface area contributed by atoms with Crippen LogP contribution in [0.3, 0.4) is 0 Å². The Bertz CT molecular complexity index is 917. The van der Waals surface area contributed by atoms with Crippen LogP contribution in [0.2, 0.25) is 0 Å². The lowest BCUT2D eigenvalue weighted by Crippen LogP contribution is -2.45. The van der Waals surface area contributed by atoms with E-state index >= 15 is 0 Å². The number of hydrogen-bond donors (Lipinski definition) is 0. The number of hydrogen-bond acceptors (Lipinski definition) is 3. The summed E-state index contributed by atoms with van der Waals surface area (Å²) in [6, 6.07) is 19.9. The maximum absolute atomic E-state index is 13.7. The molecule has 4 rings (SSSR count). The molecular weight excluding hydrogens is 350 g/mol. The normalized spacial score (nSPS) is 24.8. The van der Waals surface area contributed by atoms with E-state index in [0.29, 0.717) is 12.2 Å². The molecule has 0 spiro atoms. The molecule has 0 aromatic heterocycles. The van der Waals surface area contributed by atoms with E-state index < -0.39 is 11.5 Å². The second kappa shape index (κ2) is 6.93. The number of likely N-dealkylation sites (tertiary alicyclic amines) is 1. The Morgan fingerprint density at radius 1 is 0.964 bits per heavy atom. The smallest absolute Gasteiger partial charge is 0.234 e. The average Bonchev–Trinajstić information content (AvgIpc) is 3.01. The van der Waals surface area contributed by atoms with Gasteiger partial charge >= 0.3 is 0 Å². The van der Waals surface area contributed by atoms with Gasteiger partial charge in [0.2, 0.25) is 5.91 Å². The first kappa shape index (κ1) is 18.5. The zero-order valence-electron chi connectivity index (χ0n) is 16.5. The van der Waals surface area contributed by atoms with Crippen molar-refractivity contribution in [3.8, 4) is 0 Å². The molecular formula is C24H25NO3. The molecule has 2 aromatic carbocycles. The maximum Gasteiger partial charge on any atom is 0.234 e. The summed E-state index contributed by atoms with van der Waals surface area (Å²) in [5.74, 6) is -0.0284. The van der Waals surface area contributed by atoms with E-state index in [1.165, 1.54) is 13.2 Å². The molecule has 1 aliphatic heterocycles. The summed E-state index contributed by atoms with van der Waals surface area (Å²) in [6.45, 7) is 4.15. The van der Waals surface area contributed by atoms with Gasteiger partial charge in [-0.3, -0.25) is 9.59 Å². The van der Waals surface area contributed by atoms with Crippen molar-refractivity contribution < 1.29 is 14.3 Å². The lowest BCUT2D eigenvalue weighted by molar-refractivity contribution is -0.137. The summed E-state index contributed by atoms with van der Waals surface area (Å²) in [7, 11) is 1.54. The Hall–Kier alpha value is -2.88. The molecule has 1 amide bonds. The Morgan fingerprint density at radius 3 is 2.18 bits per heavy atom. The Balaban J connectivity index is 1.87. The van der Waals surface area contributed by atoms with Crippen molar-refractivity contribution in [3.05, 3.63) is 83.6 Å². The van der Waals surface area contributed by atoms with Crippen LogP contribution in [-0.2, 0) is 19.9 Å². The first-order valence-electron chi connectivity index (χ1n) is 9.67. The quantitative estimate of drug-likeness (QED) is 0.803. The summed E-state index contributed by atoms with van der Waals surface area (Å²) in [5.41, 5.74) is 1.59. The molecule has 3 atom stereocenters.